The monoisotopic (exact) mass is 292 g/mol. The molecule has 0 saturated carbocycles. The molecule has 0 atom stereocenters. The van der Waals surface area contributed by atoms with Crippen molar-refractivity contribution in [2.45, 2.75) is 0 Å². The Morgan fingerprint density at radius 2 is 2.10 bits per heavy atom. The van der Waals surface area contributed by atoms with Gasteiger partial charge in [-0.3, -0.25) is 4.57 Å². The van der Waals surface area contributed by atoms with Crippen LogP contribution in [0, 0.1) is 10.1 Å². The molecule has 0 bridgehead atoms. The van der Waals surface area contributed by atoms with E-state index in [0.29, 0.717) is 30.5 Å². The van der Waals surface area contributed by atoms with E-state index in [-0.39, 0.29) is 5.82 Å². The van der Waals surface area contributed by atoms with Crippen molar-refractivity contribution in [2.24, 2.45) is 7.05 Å². The van der Waals surface area contributed by atoms with Gasteiger partial charge < -0.3 is 24.9 Å². The summed E-state index contributed by atoms with van der Waals surface area (Å²) in [5.41, 5.74) is 0. The maximum atomic E-state index is 10.8. The third kappa shape index (κ3) is 3.41. The average molecular weight is 292 g/mol. The van der Waals surface area contributed by atoms with Gasteiger partial charge >= 0.3 is 5.82 Å². The second kappa shape index (κ2) is 6.60. The van der Waals surface area contributed by atoms with E-state index >= 15 is 0 Å². The zero-order valence-electron chi connectivity index (χ0n) is 11.8. The van der Waals surface area contributed by atoms with Gasteiger partial charge in [-0.15, -0.1) is 0 Å². The predicted molar refractivity (Wildman–Crippen MR) is 76.8 cm³/mol. The smallest absolute Gasteiger partial charge is 0.406 e. The number of rotatable bonds is 7. The maximum absolute atomic E-state index is 10.8. The Kier molecular flexibility index (Phi) is 4.60. The quantitative estimate of drug-likeness (QED) is 0.475. The number of nitro groups is 1. The molecule has 0 aliphatic rings. The van der Waals surface area contributed by atoms with Gasteiger partial charge in [-0.25, -0.2) is 0 Å². The van der Waals surface area contributed by atoms with Crippen molar-refractivity contribution < 1.29 is 14.4 Å². The molecule has 2 aromatic rings. The van der Waals surface area contributed by atoms with Crippen LogP contribution in [0.5, 0.6) is 11.5 Å². The molecule has 1 N–H and O–H groups in total. The van der Waals surface area contributed by atoms with Crippen LogP contribution in [-0.2, 0) is 7.05 Å². The highest BCUT2D eigenvalue weighted by atomic mass is 16.6. The third-order valence-electron chi connectivity index (χ3n) is 2.81. The molecule has 1 aromatic carbocycles. The first-order valence-corrected chi connectivity index (χ1v) is 6.29. The number of hydrogen-bond acceptors (Lipinski definition) is 6. The molecule has 0 fully saturated rings. The van der Waals surface area contributed by atoms with Gasteiger partial charge in [0.1, 0.15) is 6.61 Å². The lowest BCUT2D eigenvalue weighted by molar-refractivity contribution is -0.388. The second-order valence-electron chi connectivity index (χ2n) is 4.21. The highest BCUT2D eigenvalue weighted by Crippen LogP contribution is 2.25. The minimum atomic E-state index is -0.524. The molecule has 0 unspecified atom stereocenters. The highest BCUT2D eigenvalue weighted by molar-refractivity contribution is 5.51. The summed E-state index contributed by atoms with van der Waals surface area (Å²) in [6, 6.07) is 7.29. The molecule has 1 heterocycles. The summed E-state index contributed by atoms with van der Waals surface area (Å²) in [7, 11) is 3.25. The third-order valence-corrected chi connectivity index (χ3v) is 2.81. The molecule has 0 aliphatic heterocycles. The number of nitrogens with zero attached hydrogens (tertiary/aromatic N) is 3. The van der Waals surface area contributed by atoms with E-state index in [1.165, 1.54) is 6.33 Å². The first kappa shape index (κ1) is 14.6. The van der Waals surface area contributed by atoms with Crippen molar-refractivity contribution >= 4 is 11.6 Å². The standard InChI is InChI=1S/C13H16N4O4/c1-16-9-15-13(17(18)19)12(16)14-7-8-21-11-6-4-3-5-10(11)20-2/h3-6,9,14H,7-8H2,1-2H3. The topological polar surface area (TPSA) is 91.4 Å². The number of anilines is 1. The normalized spacial score (nSPS) is 10.2. The lowest BCUT2D eigenvalue weighted by Crippen LogP contribution is -2.14. The molecular formula is C13H16N4O4. The Balaban J connectivity index is 1.91. The fourth-order valence-corrected chi connectivity index (χ4v) is 1.82. The number of hydrogen-bond donors (Lipinski definition) is 1. The Labute approximate surface area is 121 Å². The van der Waals surface area contributed by atoms with Crippen LogP contribution >= 0.6 is 0 Å². The van der Waals surface area contributed by atoms with Crippen molar-refractivity contribution in [3.63, 3.8) is 0 Å². The minimum Gasteiger partial charge on any atom is -0.493 e. The van der Waals surface area contributed by atoms with Crippen molar-refractivity contribution in [1.29, 1.82) is 0 Å². The van der Waals surface area contributed by atoms with E-state index in [4.69, 9.17) is 9.47 Å². The zero-order chi connectivity index (χ0) is 15.2. The van der Waals surface area contributed by atoms with Gasteiger partial charge in [0.25, 0.3) is 0 Å². The maximum Gasteiger partial charge on any atom is 0.406 e. The van der Waals surface area contributed by atoms with E-state index in [2.05, 4.69) is 10.3 Å². The minimum absolute atomic E-state index is 0.199. The van der Waals surface area contributed by atoms with Gasteiger partial charge in [0, 0.05) is 7.05 Å². The van der Waals surface area contributed by atoms with Gasteiger partial charge in [0.2, 0.25) is 12.1 Å². The van der Waals surface area contributed by atoms with E-state index in [1.807, 2.05) is 12.1 Å². The van der Waals surface area contributed by atoms with Gasteiger partial charge in [0.15, 0.2) is 11.5 Å². The van der Waals surface area contributed by atoms with Crippen molar-refractivity contribution in [3.05, 3.63) is 40.7 Å². The molecular weight excluding hydrogens is 276 g/mol. The van der Waals surface area contributed by atoms with E-state index in [9.17, 15) is 10.1 Å². The zero-order valence-corrected chi connectivity index (χ0v) is 11.8. The molecule has 0 spiro atoms. The van der Waals surface area contributed by atoms with Gasteiger partial charge in [0.05, 0.1) is 13.7 Å². The summed E-state index contributed by atoms with van der Waals surface area (Å²) in [4.78, 5) is 14.0. The lowest BCUT2D eigenvalue weighted by atomic mass is 10.3. The van der Waals surface area contributed by atoms with Crippen LogP contribution in [0.25, 0.3) is 0 Å². The second-order valence-corrected chi connectivity index (χ2v) is 4.21. The Hall–Kier alpha value is -2.77. The number of nitrogens with one attached hydrogen (secondary N) is 1. The lowest BCUT2D eigenvalue weighted by Gasteiger charge is -2.11. The molecule has 112 valence electrons. The van der Waals surface area contributed by atoms with Crippen LogP contribution in [0.2, 0.25) is 0 Å². The predicted octanol–water partition coefficient (Wildman–Crippen LogP) is 1.83. The molecule has 0 saturated heterocycles. The van der Waals surface area contributed by atoms with Crippen LogP contribution in [0.4, 0.5) is 11.6 Å². The molecule has 0 aliphatic carbocycles. The summed E-state index contributed by atoms with van der Waals surface area (Å²) in [5, 5.41) is 13.8. The number of benzene rings is 1. The van der Waals surface area contributed by atoms with Gasteiger partial charge in [-0.1, -0.05) is 12.1 Å². The Morgan fingerprint density at radius 1 is 1.38 bits per heavy atom. The van der Waals surface area contributed by atoms with Crippen LogP contribution in [0.3, 0.4) is 0 Å². The molecule has 2 rings (SSSR count). The molecule has 0 radical (unpaired) electrons. The summed E-state index contributed by atoms with van der Waals surface area (Å²) >= 11 is 0. The van der Waals surface area contributed by atoms with Gasteiger partial charge in [-0.2, -0.15) is 0 Å². The fourth-order valence-electron chi connectivity index (χ4n) is 1.82. The van der Waals surface area contributed by atoms with Crippen LogP contribution in [0.15, 0.2) is 30.6 Å². The average Bonchev–Trinajstić information content (AvgIpc) is 2.85. The number of aromatic nitrogens is 2. The van der Waals surface area contributed by atoms with Crippen LogP contribution in [0.1, 0.15) is 0 Å². The van der Waals surface area contributed by atoms with E-state index < -0.39 is 4.92 Å². The number of methoxy groups -OCH3 is 1. The molecule has 1 aromatic heterocycles. The Bertz CT molecular complexity index is 626. The summed E-state index contributed by atoms with van der Waals surface area (Å²) < 4.78 is 12.3. The van der Waals surface area contributed by atoms with Crippen molar-refractivity contribution in [3.8, 4) is 11.5 Å². The van der Waals surface area contributed by atoms with Gasteiger partial charge in [-0.05, 0) is 22.0 Å². The number of imidazole rings is 1. The van der Waals surface area contributed by atoms with Crippen LogP contribution in [-0.4, -0.2) is 34.7 Å². The largest absolute Gasteiger partial charge is 0.493 e. The number of aryl methyl sites for hydroxylation is 1. The summed E-state index contributed by atoms with van der Waals surface area (Å²) in [6.07, 6.45) is 1.39. The number of para-hydroxylation sites is 2. The molecule has 8 nitrogen and oxygen atoms in total. The summed E-state index contributed by atoms with van der Waals surface area (Å²) in [5.74, 6) is 1.42. The fraction of sp³-hybridized carbons (Fsp3) is 0.308. The van der Waals surface area contributed by atoms with E-state index in [0.717, 1.165) is 0 Å². The number of ether oxygens (including phenoxy) is 2. The van der Waals surface area contributed by atoms with Crippen molar-refractivity contribution in [1.82, 2.24) is 9.55 Å². The first-order valence-electron chi connectivity index (χ1n) is 6.29. The van der Waals surface area contributed by atoms with Crippen molar-refractivity contribution in [2.75, 3.05) is 25.6 Å². The summed E-state index contributed by atoms with van der Waals surface area (Å²) in [6.45, 7) is 0.737. The SMILES string of the molecule is COc1ccccc1OCCNc1c([N+](=O)[O-])ncn1C. The van der Waals surface area contributed by atoms with E-state index in [1.54, 1.807) is 30.9 Å². The molecule has 0 amide bonds. The van der Waals surface area contributed by atoms with Crippen LogP contribution < -0.4 is 14.8 Å². The highest BCUT2D eigenvalue weighted by Gasteiger charge is 2.19. The Morgan fingerprint density at radius 3 is 2.76 bits per heavy atom. The molecule has 8 heteroatoms. The molecule has 21 heavy (non-hydrogen) atoms. The first-order chi connectivity index (χ1) is 10.1.